The molecule has 0 aliphatic carbocycles. The first-order valence-corrected chi connectivity index (χ1v) is 10.3. The SMILES string of the molecule is COc1cccc2c1N(CC(=O)Nc1ccccc1C(=O)NCc1ccco1)CCC2. The van der Waals surface area contributed by atoms with E-state index in [0.29, 0.717) is 17.0 Å². The molecule has 0 saturated heterocycles. The van der Waals surface area contributed by atoms with E-state index in [1.54, 1.807) is 49.8 Å². The van der Waals surface area contributed by atoms with Crippen molar-refractivity contribution >= 4 is 23.2 Å². The summed E-state index contributed by atoms with van der Waals surface area (Å²) in [6.45, 7) is 1.22. The Hall–Kier alpha value is -3.74. The summed E-state index contributed by atoms with van der Waals surface area (Å²) in [7, 11) is 1.64. The number of carbonyl (C=O) groups excluding carboxylic acids is 2. The molecule has 1 aliphatic rings. The molecule has 0 spiro atoms. The second-order valence-electron chi connectivity index (χ2n) is 7.35. The normalized spacial score (nSPS) is 12.7. The fourth-order valence-corrected chi connectivity index (χ4v) is 3.85. The van der Waals surface area contributed by atoms with Gasteiger partial charge in [-0.1, -0.05) is 24.3 Å². The Bertz CT molecular complexity index is 1050. The van der Waals surface area contributed by atoms with E-state index in [1.807, 2.05) is 17.0 Å². The van der Waals surface area contributed by atoms with E-state index in [-0.39, 0.29) is 24.9 Å². The molecule has 0 atom stereocenters. The Morgan fingerprint density at radius 2 is 1.97 bits per heavy atom. The van der Waals surface area contributed by atoms with Crippen LogP contribution in [0.5, 0.6) is 5.75 Å². The summed E-state index contributed by atoms with van der Waals surface area (Å²) in [5.41, 5.74) is 3.02. The first kappa shape index (κ1) is 20.5. The third kappa shape index (κ3) is 4.71. The molecule has 0 radical (unpaired) electrons. The second-order valence-corrected chi connectivity index (χ2v) is 7.35. The summed E-state index contributed by atoms with van der Waals surface area (Å²) < 4.78 is 10.8. The third-order valence-electron chi connectivity index (χ3n) is 5.28. The van der Waals surface area contributed by atoms with Crippen molar-refractivity contribution in [3.63, 3.8) is 0 Å². The molecule has 31 heavy (non-hydrogen) atoms. The van der Waals surface area contributed by atoms with Crippen LogP contribution in [0.2, 0.25) is 0 Å². The molecule has 0 bridgehead atoms. The van der Waals surface area contributed by atoms with Gasteiger partial charge in [-0.2, -0.15) is 0 Å². The molecule has 1 aliphatic heterocycles. The van der Waals surface area contributed by atoms with Gasteiger partial charge in [0.05, 0.1) is 43.4 Å². The van der Waals surface area contributed by atoms with E-state index in [0.717, 1.165) is 30.8 Å². The van der Waals surface area contributed by atoms with Crippen molar-refractivity contribution in [2.24, 2.45) is 0 Å². The Balaban J connectivity index is 1.45. The van der Waals surface area contributed by atoms with E-state index in [9.17, 15) is 9.59 Å². The Morgan fingerprint density at radius 1 is 1.10 bits per heavy atom. The highest BCUT2D eigenvalue weighted by Gasteiger charge is 2.23. The van der Waals surface area contributed by atoms with Crippen molar-refractivity contribution in [2.75, 3.05) is 30.4 Å². The fourth-order valence-electron chi connectivity index (χ4n) is 3.85. The van der Waals surface area contributed by atoms with Gasteiger partial charge in [0.15, 0.2) is 0 Å². The molecule has 4 rings (SSSR count). The number of nitrogens with one attached hydrogen (secondary N) is 2. The number of nitrogens with zero attached hydrogens (tertiary/aromatic N) is 1. The van der Waals surface area contributed by atoms with Gasteiger partial charge in [-0.3, -0.25) is 9.59 Å². The molecule has 3 aromatic rings. The molecule has 160 valence electrons. The Labute approximate surface area is 181 Å². The summed E-state index contributed by atoms with van der Waals surface area (Å²) in [5.74, 6) is 0.956. The minimum absolute atomic E-state index is 0.176. The number of furan rings is 1. The van der Waals surface area contributed by atoms with Gasteiger partial charge in [-0.15, -0.1) is 0 Å². The highest BCUT2D eigenvalue weighted by atomic mass is 16.5. The van der Waals surface area contributed by atoms with Crippen LogP contribution in [-0.2, 0) is 17.8 Å². The molecule has 7 nitrogen and oxygen atoms in total. The average molecular weight is 419 g/mol. The molecule has 7 heteroatoms. The van der Waals surface area contributed by atoms with Crippen molar-refractivity contribution in [1.29, 1.82) is 0 Å². The maximum absolute atomic E-state index is 12.9. The predicted octanol–water partition coefficient (Wildman–Crippen LogP) is 3.61. The zero-order valence-corrected chi connectivity index (χ0v) is 17.4. The van der Waals surface area contributed by atoms with Crippen molar-refractivity contribution < 1.29 is 18.7 Å². The van der Waals surface area contributed by atoms with Crippen LogP contribution in [-0.4, -0.2) is 32.0 Å². The van der Waals surface area contributed by atoms with Gasteiger partial charge in [-0.25, -0.2) is 0 Å². The minimum atomic E-state index is -0.280. The number of methoxy groups -OCH3 is 1. The quantitative estimate of drug-likeness (QED) is 0.611. The molecular formula is C24H25N3O4. The number of hydrogen-bond donors (Lipinski definition) is 2. The van der Waals surface area contributed by atoms with Gasteiger partial charge in [0.2, 0.25) is 5.91 Å². The van der Waals surface area contributed by atoms with E-state index in [1.165, 1.54) is 5.56 Å². The number of carbonyl (C=O) groups is 2. The average Bonchev–Trinajstić information content (AvgIpc) is 3.31. The molecule has 0 unspecified atom stereocenters. The summed E-state index contributed by atoms with van der Waals surface area (Å²) in [4.78, 5) is 27.6. The van der Waals surface area contributed by atoms with Gasteiger partial charge >= 0.3 is 0 Å². The van der Waals surface area contributed by atoms with Crippen LogP contribution >= 0.6 is 0 Å². The number of ether oxygens (including phenoxy) is 1. The van der Waals surface area contributed by atoms with Crippen molar-refractivity contribution in [3.05, 3.63) is 77.7 Å². The molecule has 2 aromatic carbocycles. The maximum Gasteiger partial charge on any atom is 0.253 e. The van der Waals surface area contributed by atoms with Crippen molar-refractivity contribution in [2.45, 2.75) is 19.4 Å². The third-order valence-corrected chi connectivity index (χ3v) is 5.28. The van der Waals surface area contributed by atoms with Gasteiger partial charge in [0.1, 0.15) is 11.5 Å². The lowest BCUT2D eigenvalue weighted by Gasteiger charge is -2.32. The van der Waals surface area contributed by atoms with Gasteiger partial charge in [0, 0.05) is 6.54 Å². The lowest BCUT2D eigenvalue weighted by molar-refractivity contribution is -0.115. The number of hydrogen-bond acceptors (Lipinski definition) is 5. The van der Waals surface area contributed by atoms with E-state index < -0.39 is 0 Å². The van der Waals surface area contributed by atoms with Crippen LogP contribution in [0.3, 0.4) is 0 Å². The van der Waals surface area contributed by atoms with E-state index in [2.05, 4.69) is 16.7 Å². The van der Waals surface area contributed by atoms with Crippen LogP contribution in [0, 0.1) is 0 Å². The largest absolute Gasteiger partial charge is 0.495 e. The highest BCUT2D eigenvalue weighted by Crippen LogP contribution is 2.35. The molecule has 1 aromatic heterocycles. The molecule has 2 amide bonds. The highest BCUT2D eigenvalue weighted by molar-refractivity contribution is 6.04. The number of fused-ring (bicyclic) bond motifs is 1. The van der Waals surface area contributed by atoms with Crippen LogP contribution in [0.25, 0.3) is 0 Å². The second kappa shape index (κ2) is 9.38. The first-order chi connectivity index (χ1) is 15.2. The van der Waals surface area contributed by atoms with Gasteiger partial charge in [0.25, 0.3) is 5.91 Å². The van der Waals surface area contributed by atoms with Crippen LogP contribution in [0.1, 0.15) is 28.1 Å². The monoisotopic (exact) mass is 419 g/mol. The molecule has 2 heterocycles. The number of aryl methyl sites for hydroxylation is 1. The van der Waals surface area contributed by atoms with E-state index in [4.69, 9.17) is 9.15 Å². The van der Waals surface area contributed by atoms with Crippen molar-refractivity contribution in [1.82, 2.24) is 5.32 Å². The number of benzene rings is 2. The zero-order chi connectivity index (χ0) is 21.6. The van der Waals surface area contributed by atoms with Crippen LogP contribution in [0.15, 0.2) is 65.3 Å². The predicted molar refractivity (Wildman–Crippen MR) is 118 cm³/mol. The summed E-state index contributed by atoms with van der Waals surface area (Å²) in [6, 6.07) is 16.5. The summed E-state index contributed by atoms with van der Waals surface area (Å²) in [6.07, 6.45) is 3.49. The van der Waals surface area contributed by atoms with E-state index >= 15 is 0 Å². The molecule has 2 N–H and O–H groups in total. The molecule has 0 fully saturated rings. The Morgan fingerprint density at radius 3 is 2.77 bits per heavy atom. The van der Waals surface area contributed by atoms with Crippen LogP contribution < -0.4 is 20.3 Å². The zero-order valence-electron chi connectivity index (χ0n) is 17.4. The number of rotatable bonds is 7. The minimum Gasteiger partial charge on any atom is -0.495 e. The summed E-state index contributed by atoms with van der Waals surface area (Å²) in [5, 5.41) is 5.71. The lowest BCUT2D eigenvalue weighted by atomic mass is 10.0. The molecule has 0 saturated carbocycles. The smallest absolute Gasteiger partial charge is 0.253 e. The number of para-hydroxylation sites is 2. The summed E-state index contributed by atoms with van der Waals surface area (Å²) >= 11 is 0. The first-order valence-electron chi connectivity index (χ1n) is 10.3. The fraction of sp³-hybridized carbons (Fsp3) is 0.250. The Kier molecular flexibility index (Phi) is 6.21. The van der Waals surface area contributed by atoms with Gasteiger partial charge in [-0.05, 0) is 48.7 Å². The van der Waals surface area contributed by atoms with Gasteiger partial charge < -0.3 is 24.7 Å². The number of anilines is 2. The topological polar surface area (TPSA) is 83.8 Å². The van der Waals surface area contributed by atoms with Crippen LogP contribution in [0.4, 0.5) is 11.4 Å². The van der Waals surface area contributed by atoms with Crippen molar-refractivity contribution in [3.8, 4) is 5.75 Å². The maximum atomic E-state index is 12.9. The lowest BCUT2D eigenvalue weighted by Crippen LogP contribution is -2.37. The molecular weight excluding hydrogens is 394 g/mol. The number of amides is 2. The standard InChI is InChI=1S/C24H25N3O4/c1-30-21-12-4-7-17-8-5-13-27(23(17)21)16-22(28)26-20-11-3-2-10-19(20)24(29)25-15-18-9-6-14-31-18/h2-4,6-7,9-12,14H,5,8,13,15-16H2,1H3,(H,25,29)(H,26,28).